The third-order valence-corrected chi connectivity index (χ3v) is 4.47. The lowest BCUT2D eigenvalue weighted by Crippen LogP contribution is -2.45. The van der Waals surface area contributed by atoms with Gasteiger partial charge in [0.25, 0.3) is 0 Å². The zero-order valence-electron chi connectivity index (χ0n) is 11.3. The highest BCUT2D eigenvalue weighted by Crippen LogP contribution is 2.23. The molecule has 0 spiro atoms. The second-order valence-corrected chi connectivity index (χ2v) is 5.77. The Kier molecular flexibility index (Phi) is 3.86. The van der Waals surface area contributed by atoms with E-state index in [9.17, 15) is 4.79 Å². The van der Waals surface area contributed by atoms with Gasteiger partial charge in [-0.3, -0.25) is 9.69 Å². The average Bonchev–Trinajstić information content (AvgIpc) is 3.08. The smallest absolute Gasteiger partial charge is 0.229 e. The number of nitrogens with two attached hydrogens (primary N) is 1. The number of carbonyl (C=O) groups excluding carboxylic acids is 1. The standard InChI is InChI=1S/C14H23N3O2/c15-12-2-1-11(9-12)14(18)17-4-3-13(10-17)16-5-7-19-8-6-16/h1-2,11-13H,3-10,15H2. The Morgan fingerprint density at radius 3 is 2.68 bits per heavy atom. The summed E-state index contributed by atoms with van der Waals surface area (Å²) in [5.74, 6) is 0.276. The maximum Gasteiger partial charge on any atom is 0.229 e. The van der Waals surface area contributed by atoms with Crippen molar-refractivity contribution in [3.63, 3.8) is 0 Å². The molecule has 3 unspecified atom stereocenters. The molecule has 0 radical (unpaired) electrons. The molecule has 2 saturated heterocycles. The first-order valence-corrected chi connectivity index (χ1v) is 7.28. The van der Waals surface area contributed by atoms with Crippen LogP contribution in [0.1, 0.15) is 12.8 Å². The largest absolute Gasteiger partial charge is 0.379 e. The van der Waals surface area contributed by atoms with Crippen LogP contribution in [0.5, 0.6) is 0 Å². The average molecular weight is 265 g/mol. The van der Waals surface area contributed by atoms with Crippen LogP contribution in [0.15, 0.2) is 12.2 Å². The molecule has 1 amide bonds. The van der Waals surface area contributed by atoms with Gasteiger partial charge < -0.3 is 15.4 Å². The first kappa shape index (κ1) is 13.1. The van der Waals surface area contributed by atoms with Gasteiger partial charge in [-0.25, -0.2) is 0 Å². The molecule has 5 nitrogen and oxygen atoms in total. The molecule has 5 heteroatoms. The van der Waals surface area contributed by atoms with Crippen molar-refractivity contribution < 1.29 is 9.53 Å². The molecule has 0 aromatic rings. The second-order valence-electron chi connectivity index (χ2n) is 5.77. The van der Waals surface area contributed by atoms with Crippen molar-refractivity contribution in [2.45, 2.75) is 24.9 Å². The first-order valence-electron chi connectivity index (χ1n) is 7.28. The monoisotopic (exact) mass is 265 g/mol. The molecular weight excluding hydrogens is 242 g/mol. The Morgan fingerprint density at radius 2 is 2.00 bits per heavy atom. The molecule has 106 valence electrons. The fraction of sp³-hybridized carbons (Fsp3) is 0.786. The number of carbonyl (C=O) groups is 1. The highest BCUT2D eigenvalue weighted by atomic mass is 16.5. The zero-order valence-corrected chi connectivity index (χ0v) is 11.3. The van der Waals surface area contributed by atoms with E-state index in [0.29, 0.717) is 6.04 Å². The van der Waals surface area contributed by atoms with Crippen LogP contribution in [0.2, 0.25) is 0 Å². The number of amides is 1. The van der Waals surface area contributed by atoms with Crippen molar-refractivity contribution in [1.82, 2.24) is 9.80 Å². The summed E-state index contributed by atoms with van der Waals surface area (Å²) in [6, 6.07) is 0.582. The Labute approximate surface area is 114 Å². The molecule has 2 N–H and O–H groups in total. The van der Waals surface area contributed by atoms with Gasteiger partial charge in [-0.05, 0) is 12.8 Å². The predicted molar refractivity (Wildman–Crippen MR) is 72.6 cm³/mol. The molecule has 1 aliphatic carbocycles. The molecular formula is C14H23N3O2. The summed E-state index contributed by atoms with van der Waals surface area (Å²) < 4.78 is 5.38. The van der Waals surface area contributed by atoms with Crippen molar-refractivity contribution >= 4 is 5.91 Å². The fourth-order valence-electron chi connectivity index (χ4n) is 3.33. The van der Waals surface area contributed by atoms with Crippen LogP contribution < -0.4 is 5.73 Å². The molecule has 3 rings (SSSR count). The van der Waals surface area contributed by atoms with Crippen LogP contribution in [-0.4, -0.2) is 67.2 Å². The summed E-state index contributed by atoms with van der Waals surface area (Å²) in [6.45, 7) is 5.41. The minimum absolute atomic E-state index is 0.0124. The van der Waals surface area contributed by atoms with Crippen LogP contribution in [0.3, 0.4) is 0 Å². The molecule has 19 heavy (non-hydrogen) atoms. The van der Waals surface area contributed by atoms with Gasteiger partial charge in [0.2, 0.25) is 5.91 Å². The third-order valence-electron chi connectivity index (χ3n) is 4.47. The Hall–Kier alpha value is -0.910. The van der Waals surface area contributed by atoms with E-state index < -0.39 is 0 Å². The third kappa shape index (κ3) is 2.83. The molecule has 3 aliphatic rings. The van der Waals surface area contributed by atoms with E-state index in [1.165, 1.54) is 0 Å². The summed E-state index contributed by atoms with van der Waals surface area (Å²) >= 11 is 0. The Bertz CT molecular complexity index is 366. The lowest BCUT2D eigenvalue weighted by molar-refractivity contribution is -0.133. The van der Waals surface area contributed by atoms with Crippen molar-refractivity contribution in [3.05, 3.63) is 12.2 Å². The number of likely N-dealkylation sites (tertiary alicyclic amines) is 1. The van der Waals surface area contributed by atoms with Gasteiger partial charge in [0, 0.05) is 38.3 Å². The van der Waals surface area contributed by atoms with Gasteiger partial charge in [-0.2, -0.15) is 0 Å². The normalized spacial score (nSPS) is 36.1. The summed E-state index contributed by atoms with van der Waals surface area (Å²) in [7, 11) is 0. The molecule has 2 fully saturated rings. The van der Waals surface area contributed by atoms with Crippen molar-refractivity contribution in [2.24, 2.45) is 11.7 Å². The van der Waals surface area contributed by atoms with Gasteiger partial charge in [0.1, 0.15) is 0 Å². The quantitative estimate of drug-likeness (QED) is 0.704. The molecule has 0 saturated carbocycles. The maximum atomic E-state index is 12.4. The van der Waals surface area contributed by atoms with Gasteiger partial charge >= 0.3 is 0 Å². The highest BCUT2D eigenvalue weighted by molar-refractivity contribution is 5.81. The van der Waals surface area contributed by atoms with Crippen molar-refractivity contribution in [1.29, 1.82) is 0 Å². The van der Waals surface area contributed by atoms with Crippen LogP contribution in [0.4, 0.5) is 0 Å². The van der Waals surface area contributed by atoms with E-state index in [0.717, 1.165) is 52.2 Å². The lowest BCUT2D eigenvalue weighted by Gasteiger charge is -2.32. The van der Waals surface area contributed by atoms with E-state index in [-0.39, 0.29) is 17.9 Å². The van der Waals surface area contributed by atoms with Gasteiger partial charge in [0.15, 0.2) is 0 Å². The van der Waals surface area contributed by atoms with E-state index in [2.05, 4.69) is 4.90 Å². The lowest BCUT2D eigenvalue weighted by atomic mass is 10.1. The first-order chi connectivity index (χ1) is 9.24. The van der Waals surface area contributed by atoms with Crippen molar-refractivity contribution in [3.8, 4) is 0 Å². The predicted octanol–water partition coefficient (Wildman–Crippen LogP) is -0.177. The molecule has 2 aliphatic heterocycles. The second kappa shape index (κ2) is 5.61. The van der Waals surface area contributed by atoms with Crippen LogP contribution >= 0.6 is 0 Å². The van der Waals surface area contributed by atoms with E-state index >= 15 is 0 Å². The number of ether oxygens (including phenoxy) is 1. The minimum atomic E-state index is 0.0124. The van der Waals surface area contributed by atoms with Gasteiger partial charge in [-0.15, -0.1) is 0 Å². The maximum absolute atomic E-state index is 12.4. The number of hydrogen-bond acceptors (Lipinski definition) is 4. The van der Waals surface area contributed by atoms with Crippen LogP contribution in [-0.2, 0) is 9.53 Å². The SMILES string of the molecule is NC1C=CC(C(=O)N2CCC(N3CCOCC3)C2)C1. The Balaban J connectivity index is 1.53. The van der Waals surface area contributed by atoms with E-state index in [1.807, 2.05) is 17.1 Å². The summed E-state index contributed by atoms with van der Waals surface area (Å²) in [4.78, 5) is 16.9. The van der Waals surface area contributed by atoms with Gasteiger partial charge in [0.05, 0.1) is 19.1 Å². The number of morpholine rings is 1. The fourth-order valence-corrected chi connectivity index (χ4v) is 3.33. The summed E-state index contributed by atoms with van der Waals surface area (Å²) in [5, 5.41) is 0. The molecule has 2 heterocycles. The number of rotatable bonds is 2. The van der Waals surface area contributed by atoms with Crippen LogP contribution in [0.25, 0.3) is 0 Å². The number of nitrogens with zero attached hydrogens (tertiary/aromatic N) is 2. The molecule has 0 aromatic carbocycles. The summed E-state index contributed by atoms with van der Waals surface area (Å²) in [5.41, 5.74) is 5.83. The van der Waals surface area contributed by atoms with E-state index in [4.69, 9.17) is 10.5 Å². The minimum Gasteiger partial charge on any atom is -0.379 e. The van der Waals surface area contributed by atoms with Gasteiger partial charge in [-0.1, -0.05) is 12.2 Å². The zero-order chi connectivity index (χ0) is 13.2. The highest BCUT2D eigenvalue weighted by Gasteiger charge is 2.34. The van der Waals surface area contributed by atoms with Crippen molar-refractivity contribution in [2.75, 3.05) is 39.4 Å². The molecule has 0 bridgehead atoms. The summed E-state index contributed by atoms with van der Waals surface area (Å²) in [6.07, 6.45) is 5.80. The van der Waals surface area contributed by atoms with Crippen LogP contribution in [0, 0.1) is 5.92 Å². The topological polar surface area (TPSA) is 58.8 Å². The molecule has 3 atom stereocenters. The molecule has 0 aromatic heterocycles. The van der Waals surface area contributed by atoms with E-state index in [1.54, 1.807) is 0 Å². The number of hydrogen-bond donors (Lipinski definition) is 1. The Morgan fingerprint density at radius 1 is 1.21 bits per heavy atom.